The summed E-state index contributed by atoms with van der Waals surface area (Å²) in [6, 6.07) is 14.8. The van der Waals surface area contributed by atoms with E-state index in [0.717, 1.165) is 28.7 Å². The van der Waals surface area contributed by atoms with E-state index < -0.39 is 0 Å². The van der Waals surface area contributed by atoms with Crippen molar-refractivity contribution in [3.8, 4) is 0 Å². The van der Waals surface area contributed by atoms with Crippen LogP contribution in [0.1, 0.15) is 22.5 Å². The van der Waals surface area contributed by atoms with Crippen LogP contribution in [0.3, 0.4) is 0 Å². The lowest BCUT2D eigenvalue weighted by Gasteiger charge is -1.97. The number of hydrogen-bond donors (Lipinski definition) is 0. The summed E-state index contributed by atoms with van der Waals surface area (Å²) in [5.41, 5.74) is 4.56. The number of aryl methyl sites for hydroxylation is 1. The lowest BCUT2D eigenvalue weighted by Crippen LogP contribution is -1.81. The van der Waals surface area contributed by atoms with Crippen LogP contribution in [-0.2, 0) is 6.42 Å². The largest absolute Gasteiger partial charge is 0.456 e. The summed E-state index contributed by atoms with van der Waals surface area (Å²) in [4.78, 5) is 0. The molecule has 3 rings (SSSR count). The van der Waals surface area contributed by atoms with Crippen molar-refractivity contribution in [2.75, 3.05) is 0 Å². The van der Waals surface area contributed by atoms with Crippen molar-refractivity contribution in [2.45, 2.75) is 13.3 Å². The summed E-state index contributed by atoms with van der Waals surface area (Å²) in [5, 5.41) is 1.12. The highest BCUT2D eigenvalue weighted by molar-refractivity contribution is 14.1. The fourth-order valence-corrected chi connectivity index (χ4v) is 2.96. The van der Waals surface area contributed by atoms with Crippen molar-refractivity contribution in [1.29, 1.82) is 0 Å². The molecule has 0 bridgehead atoms. The van der Waals surface area contributed by atoms with E-state index in [4.69, 9.17) is 4.42 Å². The second-order valence-electron chi connectivity index (χ2n) is 5.32. The standard InChI is InChI=1S/C20H17IO/c1-3-17-18-13-16(21)11-12-20(18)22-19(17)6-4-5-15-9-7-14(2)8-10-15/h3-4,6-13H,1,5H2,2H3/b6-4-. The van der Waals surface area contributed by atoms with Gasteiger partial charge < -0.3 is 4.42 Å². The van der Waals surface area contributed by atoms with Crippen molar-refractivity contribution in [1.82, 2.24) is 0 Å². The average Bonchev–Trinajstić information content (AvgIpc) is 2.86. The molecule has 0 saturated carbocycles. The van der Waals surface area contributed by atoms with Gasteiger partial charge in [-0.05, 0) is 65.8 Å². The van der Waals surface area contributed by atoms with Crippen molar-refractivity contribution >= 4 is 45.7 Å². The first kappa shape index (κ1) is 15.1. The molecule has 0 spiro atoms. The summed E-state index contributed by atoms with van der Waals surface area (Å²) in [7, 11) is 0. The smallest absolute Gasteiger partial charge is 0.135 e. The normalized spacial score (nSPS) is 11.4. The van der Waals surface area contributed by atoms with Crippen LogP contribution in [0.25, 0.3) is 23.1 Å². The van der Waals surface area contributed by atoms with Gasteiger partial charge in [0.05, 0.1) is 0 Å². The monoisotopic (exact) mass is 400 g/mol. The van der Waals surface area contributed by atoms with Crippen LogP contribution in [0.2, 0.25) is 0 Å². The van der Waals surface area contributed by atoms with Crippen molar-refractivity contribution in [2.24, 2.45) is 0 Å². The Labute approximate surface area is 144 Å². The fourth-order valence-electron chi connectivity index (χ4n) is 2.47. The van der Waals surface area contributed by atoms with Gasteiger partial charge in [0.1, 0.15) is 11.3 Å². The highest BCUT2D eigenvalue weighted by Gasteiger charge is 2.09. The minimum Gasteiger partial charge on any atom is -0.456 e. The minimum absolute atomic E-state index is 0.874. The number of rotatable bonds is 4. The Balaban J connectivity index is 1.88. The molecule has 1 heterocycles. The van der Waals surface area contributed by atoms with Gasteiger partial charge in [-0.25, -0.2) is 0 Å². The van der Waals surface area contributed by atoms with E-state index in [1.54, 1.807) is 0 Å². The van der Waals surface area contributed by atoms with Gasteiger partial charge in [-0.1, -0.05) is 48.6 Å². The molecule has 0 saturated heterocycles. The average molecular weight is 400 g/mol. The van der Waals surface area contributed by atoms with E-state index in [1.807, 2.05) is 18.2 Å². The van der Waals surface area contributed by atoms with Gasteiger partial charge in [-0.3, -0.25) is 0 Å². The lowest BCUT2D eigenvalue weighted by molar-refractivity contribution is 0.603. The number of fused-ring (bicyclic) bond motifs is 1. The summed E-state index contributed by atoms with van der Waals surface area (Å²) in [6.07, 6.45) is 6.95. The van der Waals surface area contributed by atoms with E-state index in [9.17, 15) is 0 Å². The first-order chi connectivity index (χ1) is 10.7. The third-order valence-electron chi connectivity index (χ3n) is 3.66. The van der Waals surface area contributed by atoms with Gasteiger partial charge in [-0.2, -0.15) is 0 Å². The summed E-state index contributed by atoms with van der Waals surface area (Å²) in [6.45, 7) is 6.03. The van der Waals surface area contributed by atoms with E-state index in [0.29, 0.717) is 0 Å². The molecule has 0 amide bonds. The van der Waals surface area contributed by atoms with E-state index >= 15 is 0 Å². The Hall–Kier alpha value is -1.81. The number of benzene rings is 2. The number of halogens is 1. The maximum absolute atomic E-state index is 5.94. The van der Waals surface area contributed by atoms with Gasteiger partial charge >= 0.3 is 0 Å². The number of hydrogen-bond acceptors (Lipinski definition) is 1. The quantitative estimate of drug-likeness (QED) is 0.472. The molecule has 0 atom stereocenters. The zero-order chi connectivity index (χ0) is 15.5. The van der Waals surface area contributed by atoms with E-state index in [1.165, 1.54) is 14.7 Å². The molecule has 1 nitrogen and oxygen atoms in total. The minimum atomic E-state index is 0.874. The van der Waals surface area contributed by atoms with Crippen molar-refractivity contribution < 1.29 is 4.42 Å². The topological polar surface area (TPSA) is 13.1 Å². The van der Waals surface area contributed by atoms with Gasteiger partial charge in [0.2, 0.25) is 0 Å². The molecule has 0 fully saturated rings. The van der Waals surface area contributed by atoms with Crippen LogP contribution in [0.4, 0.5) is 0 Å². The summed E-state index contributed by atoms with van der Waals surface area (Å²) < 4.78 is 7.14. The lowest BCUT2D eigenvalue weighted by atomic mass is 10.1. The molecule has 2 aromatic carbocycles. The highest BCUT2D eigenvalue weighted by atomic mass is 127. The zero-order valence-electron chi connectivity index (χ0n) is 12.5. The Morgan fingerprint density at radius 1 is 1.14 bits per heavy atom. The van der Waals surface area contributed by atoms with Crippen LogP contribution in [0.5, 0.6) is 0 Å². The summed E-state index contributed by atoms with van der Waals surface area (Å²) in [5.74, 6) is 0.874. The molecule has 110 valence electrons. The second kappa shape index (κ2) is 6.53. The van der Waals surface area contributed by atoms with Crippen LogP contribution in [0, 0.1) is 10.5 Å². The molecular weight excluding hydrogens is 383 g/mol. The van der Waals surface area contributed by atoms with Crippen LogP contribution < -0.4 is 0 Å². The molecule has 0 aliphatic heterocycles. The first-order valence-corrected chi connectivity index (χ1v) is 8.32. The maximum atomic E-state index is 5.94. The second-order valence-corrected chi connectivity index (χ2v) is 6.56. The molecule has 2 heteroatoms. The molecule has 0 aliphatic carbocycles. The van der Waals surface area contributed by atoms with Gasteiger partial charge in [0.15, 0.2) is 0 Å². The highest BCUT2D eigenvalue weighted by Crippen LogP contribution is 2.29. The third kappa shape index (κ3) is 3.17. The molecule has 0 N–H and O–H groups in total. The van der Waals surface area contributed by atoms with Crippen molar-refractivity contribution in [3.63, 3.8) is 0 Å². The maximum Gasteiger partial charge on any atom is 0.135 e. The Kier molecular flexibility index (Phi) is 4.48. The van der Waals surface area contributed by atoms with Crippen LogP contribution in [-0.4, -0.2) is 0 Å². The van der Waals surface area contributed by atoms with E-state index in [2.05, 4.69) is 78.6 Å². The van der Waals surface area contributed by atoms with E-state index in [-0.39, 0.29) is 0 Å². The Morgan fingerprint density at radius 2 is 1.91 bits per heavy atom. The predicted molar refractivity (Wildman–Crippen MR) is 103 cm³/mol. The molecule has 22 heavy (non-hydrogen) atoms. The number of furan rings is 1. The summed E-state index contributed by atoms with van der Waals surface area (Å²) >= 11 is 2.32. The molecule has 1 aromatic heterocycles. The van der Waals surface area contributed by atoms with Crippen molar-refractivity contribution in [3.05, 3.63) is 81.1 Å². The van der Waals surface area contributed by atoms with Crippen LogP contribution in [0.15, 0.2) is 59.5 Å². The fraction of sp³-hybridized carbons (Fsp3) is 0.100. The van der Waals surface area contributed by atoms with Gasteiger partial charge in [-0.15, -0.1) is 0 Å². The molecule has 0 unspecified atom stereocenters. The van der Waals surface area contributed by atoms with Gasteiger partial charge in [0, 0.05) is 14.5 Å². The number of allylic oxidation sites excluding steroid dienone is 1. The molecular formula is C20H17IO. The first-order valence-electron chi connectivity index (χ1n) is 7.24. The Morgan fingerprint density at radius 3 is 2.64 bits per heavy atom. The third-order valence-corrected chi connectivity index (χ3v) is 4.34. The molecule has 0 radical (unpaired) electrons. The van der Waals surface area contributed by atoms with Crippen LogP contribution >= 0.6 is 22.6 Å². The van der Waals surface area contributed by atoms with Gasteiger partial charge in [0.25, 0.3) is 0 Å². The SMILES string of the molecule is C=Cc1c(/C=C\Cc2ccc(C)cc2)oc2ccc(I)cc12. The zero-order valence-corrected chi connectivity index (χ0v) is 14.6. The molecule has 0 aliphatic rings. The molecule has 3 aromatic rings. The predicted octanol–water partition coefficient (Wildman–Crippen LogP) is 6.24. The Bertz CT molecular complexity index is 838.